The average molecular weight is 406 g/mol. The molecule has 3 amide bonds. The van der Waals surface area contributed by atoms with Crippen LogP contribution in [-0.4, -0.2) is 43.0 Å². The number of aromatic nitrogens is 1. The summed E-state index contributed by atoms with van der Waals surface area (Å²) in [6, 6.07) is 5.12. The zero-order chi connectivity index (χ0) is 20.8. The molecule has 9 nitrogen and oxygen atoms in total. The summed E-state index contributed by atoms with van der Waals surface area (Å²) in [4.78, 5) is 40.3. The zero-order valence-electron chi connectivity index (χ0n) is 16.2. The van der Waals surface area contributed by atoms with Crippen LogP contribution in [0.5, 0.6) is 11.5 Å². The fourth-order valence-electron chi connectivity index (χ4n) is 2.25. The molecule has 0 saturated carbocycles. The van der Waals surface area contributed by atoms with Crippen molar-refractivity contribution in [1.29, 1.82) is 0 Å². The Morgan fingerprint density at radius 1 is 1.04 bits per heavy atom. The first-order chi connectivity index (χ1) is 13.3. The van der Waals surface area contributed by atoms with E-state index in [2.05, 4.69) is 21.2 Å². The van der Waals surface area contributed by atoms with Gasteiger partial charge in [-0.1, -0.05) is 0 Å². The van der Waals surface area contributed by atoms with E-state index in [1.54, 1.807) is 46.1 Å². The van der Waals surface area contributed by atoms with Crippen molar-refractivity contribution in [2.75, 3.05) is 14.2 Å². The first kappa shape index (κ1) is 21.2. The molecular formula is C18H22N4O5S. The molecule has 0 fully saturated rings. The Morgan fingerprint density at radius 3 is 2.32 bits per heavy atom. The van der Waals surface area contributed by atoms with E-state index in [0.717, 1.165) is 16.9 Å². The lowest BCUT2D eigenvalue weighted by molar-refractivity contribution is -0.139. The highest BCUT2D eigenvalue weighted by Crippen LogP contribution is 2.34. The zero-order valence-corrected chi connectivity index (χ0v) is 17.0. The molecule has 0 aliphatic carbocycles. The van der Waals surface area contributed by atoms with Crippen LogP contribution in [0.3, 0.4) is 0 Å². The van der Waals surface area contributed by atoms with Gasteiger partial charge in [0.25, 0.3) is 5.91 Å². The van der Waals surface area contributed by atoms with Crippen molar-refractivity contribution in [3.05, 3.63) is 28.8 Å². The standard InChI is InChI=1S/C18H22N4O5S/c1-9(2)19-16(24)17(25)22-21-15(23)14-10(3)20-18(28-14)11-6-7-12(26-4)13(8-11)27-5/h6-9H,1-5H3,(H,19,24)(H,21,23)(H,22,25). The fraction of sp³-hybridized carbons (Fsp3) is 0.333. The molecule has 0 aliphatic heterocycles. The van der Waals surface area contributed by atoms with Crippen LogP contribution in [0, 0.1) is 6.92 Å². The second kappa shape index (κ2) is 9.18. The van der Waals surface area contributed by atoms with Gasteiger partial charge in [-0.3, -0.25) is 25.2 Å². The molecule has 0 saturated heterocycles. The van der Waals surface area contributed by atoms with E-state index in [4.69, 9.17) is 9.47 Å². The van der Waals surface area contributed by atoms with Gasteiger partial charge in [0.05, 0.1) is 19.9 Å². The Morgan fingerprint density at radius 2 is 1.71 bits per heavy atom. The monoisotopic (exact) mass is 406 g/mol. The van der Waals surface area contributed by atoms with Crippen LogP contribution in [0.2, 0.25) is 0 Å². The van der Waals surface area contributed by atoms with Crippen LogP contribution in [0.4, 0.5) is 0 Å². The third-order valence-electron chi connectivity index (χ3n) is 3.55. The molecule has 1 heterocycles. The number of methoxy groups -OCH3 is 2. The maximum absolute atomic E-state index is 12.4. The molecule has 0 aliphatic rings. The number of hydrogen-bond acceptors (Lipinski definition) is 7. The minimum Gasteiger partial charge on any atom is -0.493 e. The molecule has 0 spiro atoms. The Hall–Kier alpha value is -3.14. The highest BCUT2D eigenvalue weighted by atomic mass is 32.1. The van der Waals surface area contributed by atoms with Gasteiger partial charge in [0.15, 0.2) is 11.5 Å². The number of carbonyl (C=O) groups excluding carboxylic acids is 3. The van der Waals surface area contributed by atoms with Crippen LogP contribution < -0.4 is 25.6 Å². The second-order valence-corrected chi connectivity index (χ2v) is 7.04. The number of nitrogens with zero attached hydrogens (tertiary/aromatic N) is 1. The van der Waals surface area contributed by atoms with Crippen molar-refractivity contribution in [3.63, 3.8) is 0 Å². The first-order valence-electron chi connectivity index (χ1n) is 8.37. The van der Waals surface area contributed by atoms with E-state index in [1.807, 2.05) is 0 Å². The normalized spacial score (nSPS) is 10.4. The van der Waals surface area contributed by atoms with Crippen LogP contribution >= 0.6 is 11.3 Å². The summed E-state index contributed by atoms with van der Waals surface area (Å²) < 4.78 is 10.5. The van der Waals surface area contributed by atoms with Gasteiger partial charge in [0.1, 0.15) is 9.88 Å². The predicted octanol–water partition coefficient (Wildman–Crippen LogP) is 1.42. The number of rotatable bonds is 5. The second-order valence-electron chi connectivity index (χ2n) is 6.04. The Balaban J connectivity index is 2.12. The summed E-state index contributed by atoms with van der Waals surface area (Å²) in [6.45, 7) is 5.13. The summed E-state index contributed by atoms with van der Waals surface area (Å²) in [5.74, 6) is -1.22. The molecule has 0 radical (unpaired) electrons. The topological polar surface area (TPSA) is 119 Å². The smallest absolute Gasteiger partial charge is 0.327 e. The molecule has 28 heavy (non-hydrogen) atoms. The number of hydrogen-bond donors (Lipinski definition) is 3. The van der Waals surface area contributed by atoms with Crippen molar-refractivity contribution in [2.45, 2.75) is 26.8 Å². The number of hydrazine groups is 1. The number of ether oxygens (including phenoxy) is 2. The lowest BCUT2D eigenvalue weighted by atomic mass is 10.2. The molecule has 0 unspecified atom stereocenters. The fourth-order valence-corrected chi connectivity index (χ4v) is 3.21. The van der Waals surface area contributed by atoms with Gasteiger partial charge < -0.3 is 14.8 Å². The summed E-state index contributed by atoms with van der Waals surface area (Å²) in [5, 5.41) is 3.03. The average Bonchev–Trinajstić information content (AvgIpc) is 3.06. The number of nitrogens with one attached hydrogen (secondary N) is 3. The van der Waals surface area contributed by atoms with Gasteiger partial charge in [-0.2, -0.15) is 0 Å². The lowest BCUT2D eigenvalue weighted by Crippen LogP contribution is -2.49. The van der Waals surface area contributed by atoms with Gasteiger partial charge in [0, 0.05) is 11.6 Å². The largest absolute Gasteiger partial charge is 0.493 e. The van der Waals surface area contributed by atoms with E-state index >= 15 is 0 Å². The highest BCUT2D eigenvalue weighted by Gasteiger charge is 2.20. The Bertz CT molecular complexity index is 894. The molecule has 0 bridgehead atoms. The molecule has 1 aromatic heterocycles. The van der Waals surface area contributed by atoms with Crippen molar-refractivity contribution in [1.82, 2.24) is 21.2 Å². The maximum atomic E-state index is 12.4. The first-order valence-corrected chi connectivity index (χ1v) is 9.19. The third kappa shape index (κ3) is 4.97. The minimum atomic E-state index is -0.954. The van der Waals surface area contributed by atoms with E-state index < -0.39 is 17.7 Å². The van der Waals surface area contributed by atoms with Crippen LogP contribution in [0.15, 0.2) is 18.2 Å². The quantitative estimate of drug-likeness (QED) is 0.510. The lowest BCUT2D eigenvalue weighted by Gasteiger charge is -2.09. The minimum absolute atomic E-state index is 0.193. The Kier molecular flexibility index (Phi) is 6.94. The molecule has 1 aromatic carbocycles. The van der Waals surface area contributed by atoms with Gasteiger partial charge >= 0.3 is 11.8 Å². The van der Waals surface area contributed by atoms with Crippen LogP contribution in [-0.2, 0) is 9.59 Å². The molecule has 2 rings (SSSR count). The maximum Gasteiger partial charge on any atom is 0.327 e. The molecule has 3 N–H and O–H groups in total. The van der Waals surface area contributed by atoms with E-state index in [0.29, 0.717) is 27.1 Å². The van der Waals surface area contributed by atoms with Gasteiger partial charge in [-0.15, -0.1) is 11.3 Å². The number of carbonyl (C=O) groups is 3. The summed E-state index contributed by atoms with van der Waals surface area (Å²) >= 11 is 1.15. The van der Waals surface area contributed by atoms with Crippen LogP contribution in [0.25, 0.3) is 10.6 Å². The number of amides is 3. The van der Waals surface area contributed by atoms with Gasteiger partial charge in [-0.25, -0.2) is 4.98 Å². The van der Waals surface area contributed by atoms with E-state index in [9.17, 15) is 14.4 Å². The molecule has 0 atom stereocenters. The van der Waals surface area contributed by atoms with Crippen molar-refractivity contribution < 1.29 is 23.9 Å². The summed E-state index contributed by atoms with van der Waals surface area (Å²) in [7, 11) is 3.08. The van der Waals surface area contributed by atoms with E-state index in [1.165, 1.54) is 7.11 Å². The van der Waals surface area contributed by atoms with Crippen LogP contribution in [0.1, 0.15) is 29.2 Å². The molecule has 2 aromatic rings. The predicted molar refractivity (Wildman–Crippen MR) is 104 cm³/mol. The number of benzene rings is 1. The summed E-state index contributed by atoms with van der Waals surface area (Å²) in [5.41, 5.74) is 5.56. The molecule has 10 heteroatoms. The molecular weight excluding hydrogens is 384 g/mol. The number of aryl methyl sites for hydroxylation is 1. The number of thiazole rings is 1. The SMILES string of the molecule is COc1ccc(-c2nc(C)c(C(=O)NNC(=O)C(=O)NC(C)C)s2)cc1OC. The summed E-state index contributed by atoms with van der Waals surface area (Å²) in [6.07, 6.45) is 0. The van der Waals surface area contributed by atoms with Crippen molar-refractivity contribution in [2.24, 2.45) is 0 Å². The van der Waals surface area contributed by atoms with Crippen molar-refractivity contribution >= 4 is 29.1 Å². The van der Waals surface area contributed by atoms with Gasteiger partial charge in [-0.05, 0) is 39.0 Å². The highest BCUT2D eigenvalue weighted by molar-refractivity contribution is 7.17. The third-order valence-corrected chi connectivity index (χ3v) is 4.75. The van der Waals surface area contributed by atoms with Gasteiger partial charge in [0.2, 0.25) is 0 Å². The van der Waals surface area contributed by atoms with E-state index in [-0.39, 0.29) is 6.04 Å². The molecule has 150 valence electrons. The van der Waals surface area contributed by atoms with Crippen molar-refractivity contribution in [3.8, 4) is 22.1 Å². The Labute approximate surface area is 166 Å².